The average molecular weight is 487 g/mol. The van der Waals surface area contributed by atoms with Crippen LogP contribution in [0.2, 0.25) is 0 Å². The molecule has 0 aliphatic carbocycles. The van der Waals surface area contributed by atoms with E-state index < -0.39 is 41.8 Å². The number of carbonyl (C=O) groups is 4. The van der Waals surface area contributed by atoms with Gasteiger partial charge in [-0.2, -0.15) is 0 Å². The Bertz CT molecular complexity index is 1050. The van der Waals surface area contributed by atoms with E-state index in [2.05, 4.69) is 15.6 Å². The van der Waals surface area contributed by atoms with E-state index in [4.69, 9.17) is 11.5 Å². The highest BCUT2D eigenvalue weighted by molar-refractivity contribution is 5.93. The van der Waals surface area contributed by atoms with Gasteiger partial charge in [0.2, 0.25) is 17.7 Å². The normalized spacial score (nSPS) is 17.2. The summed E-state index contributed by atoms with van der Waals surface area (Å²) in [6.45, 7) is 0.433. The van der Waals surface area contributed by atoms with E-state index in [0.717, 1.165) is 16.5 Å². The zero-order valence-electron chi connectivity index (χ0n) is 19.7. The first kappa shape index (κ1) is 26.2. The number of benzene rings is 1. The number of para-hydroxylation sites is 1. The highest BCUT2D eigenvalue weighted by Crippen LogP contribution is 2.20. The Balaban J connectivity index is 1.54. The third-order valence-corrected chi connectivity index (χ3v) is 6.28. The number of carboxylic acid groups (broad SMARTS) is 1. The molecule has 35 heavy (non-hydrogen) atoms. The summed E-state index contributed by atoms with van der Waals surface area (Å²) in [6.07, 6.45) is 4.68. The summed E-state index contributed by atoms with van der Waals surface area (Å²) in [5.74, 6) is -2.52. The van der Waals surface area contributed by atoms with Gasteiger partial charge in [-0.05, 0) is 56.7 Å². The fraction of sp³-hybridized carbons (Fsp3) is 0.500. The Hall–Kier alpha value is -3.44. The number of H-pyrrole nitrogens is 1. The van der Waals surface area contributed by atoms with Gasteiger partial charge < -0.3 is 37.1 Å². The van der Waals surface area contributed by atoms with Crippen molar-refractivity contribution in [3.63, 3.8) is 0 Å². The molecule has 0 spiro atoms. The number of amides is 3. The third-order valence-electron chi connectivity index (χ3n) is 6.28. The lowest BCUT2D eigenvalue weighted by Crippen LogP contribution is -2.53. The number of unbranched alkanes of at least 4 members (excludes halogenated alkanes) is 1. The fourth-order valence-corrected chi connectivity index (χ4v) is 4.41. The van der Waals surface area contributed by atoms with E-state index in [1.807, 2.05) is 30.5 Å². The summed E-state index contributed by atoms with van der Waals surface area (Å²) < 4.78 is 0. The molecule has 1 saturated heterocycles. The molecule has 0 bridgehead atoms. The largest absolute Gasteiger partial charge is 0.480 e. The van der Waals surface area contributed by atoms with Crippen LogP contribution in [0.25, 0.3) is 10.9 Å². The molecule has 1 aromatic heterocycles. The Kier molecular flexibility index (Phi) is 9.21. The quantitative estimate of drug-likeness (QED) is 0.225. The second kappa shape index (κ2) is 12.3. The number of aromatic nitrogens is 1. The molecule has 0 saturated carbocycles. The lowest BCUT2D eigenvalue weighted by atomic mass is 10.1. The van der Waals surface area contributed by atoms with E-state index in [1.165, 1.54) is 4.90 Å². The van der Waals surface area contributed by atoms with E-state index in [0.29, 0.717) is 51.6 Å². The number of hydrogen-bond donors (Lipinski definition) is 6. The number of fused-ring (bicyclic) bond motifs is 1. The summed E-state index contributed by atoms with van der Waals surface area (Å²) in [6, 6.07) is 5.06. The van der Waals surface area contributed by atoms with Gasteiger partial charge in [0.05, 0.1) is 12.6 Å². The summed E-state index contributed by atoms with van der Waals surface area (Å²) in [5.41, 5.74) is 13.4. The Morgan fingerprint density at radius 2 is 1.97 bits per heavy atom. The Morgan fingerprint density at radius 1 is 1.20 bits per heavy atom. The summed E-state index contributed by atoms with van der Waals surface area (Å²) >= 11 is 0. The van der Waals surface area contributed by atoms with E-state index in [9.17, 15) is 24.3 Å². The molecule has 3 amide bonds. The first-order valence-corrected chi connectivity index (χ1v) is 11.9. The smallest absolute Gasteiger partial charge is 0.326 e. The van der Waals surface area contributed by atoms with Crippen molar-refractivity contribution in [2.24, 2.45) is 11.5 Å². The molecule has 11 heteroatoms. The molecule has 2 heterocycles. The number of nitrogens with one attached hydrogen (secondary N) is 3. The van der Waals surface area contributed by atoms with Crippen LogP contribution in [0.1, 0.15) is 37.7 Å². The van der Waals surface area contributed by atoms with Gasteiger partial charge in [-0.1, -0.05) is 18.2 Å². The lowest BCUT2D eigenvalue weighted by molar-refractivity contribution is -0.149. The monoisotopic (exact) mass is 486 g/mol. The lowest BCUT2D eigenvalue weighted by Gasteiger charge is -2.27. The third kappa shape index (κ3) is 6.80. The molecule has 1 aliphatic rings. The maximum absolute atomic E-state index is 13.0. The molecule has 3 unspecified atom stereocenters. The second-order valence-corrected chi connectivity index (χ2v) is 8.82. The average Bonchev–Trinajstić information content (AvgIpc) is 3.49. The minimum atomic E-state index is -1.06. The number of aromatic amines is 1. The van der Waals surface area contributed by atoms with Crippen molar-refractivity contribution in [2.45, 2.75) is 56.7 Å². The highest BCUT2D eigenvalue weighted by Gasteiger charge is 2.37. The van der Waals surface area contributed by atoms with Crippen LogP contribution < -0.4 is 22.1 Å². The van der Waals surface area contributed by atoms with Crippen LogP contribution in [0.3, 0.4) is 0 Å². The van der Waals surface area contributed by atoms with Crippen molar-refractivity contribution < 1.29 is 24.3 Å². The van der Waals surface area contributed by atoms with Gasteiger partial charge in [-0.3, -0.25) is 14.4 Å². The topological polar surface area (TPSA) is 184 Å². The molecule has 0 radical (unpaired) electrons. The summed E-state index contributed by atoms with van der Waals surface area (Å²) in [5, 5.41) is 15.6. The fourth-order valence-electron chi connectivity index (χ4n) is 4.41. The zero-order valence-corrected chi connectivity index (χ0v) is 19.7. The number of rotatable bonds is 12. The van der Waals surface area contributed by atoms with Crippen molar-refractivity contribution in [2.75, 3.05) is 19.6 Å². The summed E-state index contributed by atoms with van der Waals surface area (Å²) in [7, 11) is 0. The number of likely N-dealkylation sites (tertiary alicyclic amines) is 1. The van der Waals surface area contributed by atoms with Gasteiger partial charge in [0.1, 0.15) is 12.1 Å². The minimum absolute atomic E-state index is 0.295. The predicted molar refractivity (Wildman–Crippen MR) is 130 cm³/mol. The first-order chi connectivity index (χ1) is 16.8. The van der Waals surface area contributed by atoms with Crippen LogP contribution in [0, 0.1) is 0 Å². The van der Waals surface area contributed by atoms with Crippen molar-refractivity contribution in [3.05, 3.63) is 36.0 Å². The van der Waals surface area contributed by atoms with Crippen LogP contribution in [0.15, 0.2) is 30.5 Å². The zero-order chi connectivity index (χ0) is 25.4. The second-order valence-electron chi connectivity index (χ2n) is 8.82. The van der Waals surface area contributed by atoms with Crippen molar-refractivity contribution in [3.8, 4) is 0 Å². The van der Waals surface area contributed by atoms with Gasteiger partial charge in [-0.25, -0.2) is 4.79 Å². The van der Waals surface area contributed by atoms with Crippen LogP contribution >= 0.6 is 0 Å². The Labute approximate surface area is 203 Å². The predicted octanol–water partition coefficient (Wildman–Crippen LogP) is -0.157. The highest BCUT2D eigenvalue weighted by atomic mass is 16.4. The Morgan fingerprint density at radius 3 is 2.71 bits per heavy atom. The van der Waals surface area contributed by atoms with E-state index >= 15 is 0 Å². The number of carbonyl (C=O) groups excluding carboxylic acids is 3. The van der Waals surface area contributed by atoms with E-state index in [1.54, 1.807) is 0 Å². The summed E-state index contributed by atoms with van der Waals surface area (Å²) in [4.78, 5) is 54.0. The van der Waals surface area contributed by atoms with Crippen LogP contribution in [0.4, 0.5) is 0 Å². The number of nitrogens with two attached hydrogens (primary N) is 2. The van der Waals surface area contributed by atoms with Gasteiger partial charge in [0.25, 0.3) is 0 Å². The van der Waals surface area contributed by atoms with Crippen molar-refractivity contribution in [1.82, 2.24) is 20.5 Å². The maximum Gasteiger partial charge on any atom is 0.326 e. The maximum atomic E-state index is 13.0. The minimum Gasteiger partial charge on any atom is -0.480 e. The molecule has 2 aromatic rings. The molecule has 1 fully saturated rings. The molecule has 8 N–H and O–H groups in total. The van der Waals surface area contributed by atoms with Gasteiger partial charge in [-0.15, -0.1) is 0 Å². The SMILES string of the molecule is NCCCCC(NC(=O)CNC(=O)C(N)Cc1c[nH]c2ccccc12)C(=O)N1CCCC1C(=O)O. The van der Waals surface area contributed by atoms with Gasteiger partial charge in [0, 0.05) is 23.6 Å². The number of carboxylic acids is 1. The number of aliphatic carboxylic acids is 1. The molecule has 3 atom stereocenters. The van der Waals surface area contributed by atoms with Gasteiger partial charge in [0.15, 0.2) is 0 Å². The number of hydrogen-bond acceptors (Lipinski definition) is 6. The van der Waals surface area contributed by atoms with Gasteiger partial charge >= 0.3 is 5.97 Å². The van der Waals surface area contributed by atoms with Crippen LogP contribution in [0.5, 0.6) is 0 Å². The van der Waals surface area contributed by atoms with Crippen molar-refractivity contribution in [1.29, 1.82) is 0 Å². The first-order valence-electron chi connectivity index (χ1n) is 11.9. The van der Waals surface area contributed by atoms with E-state index in [-0.39, 0.29) is 6.54 Å². The molecule has 1 aromatic carbocycles. The number of nitrogens with zero attached hydrogens (tertiary/aromatic N) is 1. The van der Waals surface area contributed by atoms with Crippen LogP contribution in [-0.4, -0.2) is 76.4 Å². The molecular formula is C24H34N6O5. The molecule has 3 rings (SSSR count). The van der Waals surface area contributed by atoms with Crippen molar-refractivity contribution >= 4 is 34.6 Å². The van der Waals surface area contributed by atoms with Crippen LogP contribution in [-0.2, 0) is 25.6 Å². The molecule has 190 valence electrons. The standard InChI is InChI=1S/C24H34N6O5/c25-10-4-3-8-19(23(33)30-11-5-9-20(30)24(34)35)29-21(31)14-28-22(32)17(26)12-15-13-27-18-7-2-1-6-16(15)18/h1-2,6-7,13,17,19-20,27H,3-5,8-12,14,25-26H2,(H,28,32)(H,29,31)(H,34,35). The molecule has 11 nitrogen and oxygen atoms in total. The molecular weight excluding hydrogens is 452 g/mol. The molecule has 1 aliphatic heterocycles.